The Kier molecular flexibility index (Phi) is 7.75. The molecule has 0 unspecified atom stereocenters. The first-order valence-corrected chi connectivity index (χ1v) is 16.0. The van der Waals surface area contributed by atoms with Crippen molar-refractivity contribution in [3.05, 3.63) is 34.6 Å². The summed E-state index contributed by atoms with van der Waals surface area (Å²) in [6.45, 7) is 20.7. The van der Waals surface area contributed by atoms with Crippen LogP contribution in [-0.4, -0.2) is 29.5 Å². The Labute approximate surface area is 190 Å². The number of rotatable bonds is 6. The summed E-state index contributed by atoms with van der Waals surface area (Å²) in [7, 11) is -2.03. The number of halogens is 2. The summed E-state index contributed by atoms with van der Waals surface area (Å²) in [6, 6.07) is 7.82. The van der Waals surface area contributed by atoms with Crippen molar-refractivity contribution in [1.82, 2.24) is 0 Å². The molecule has 0 heterocycles. The SMILES string of the molecule is CC(C)[Si](Oc1c[c]([Sn][C](C)(C)C)c2c(Br)c(F)ccc2c1)(C(C)C)C(C)C. The molecule has 2 aromatic carbocycles. The van der Waals surface area contributed by atoms with Gasteiger partial charge in [-0.15, -0.1) is 0 Å². The van der Waals surface area contributed by atoms with E-state index in [1.54, 1.807) is 6.07 Å². The zero-order valence-corrected chi connectivity index (χ0v) is 24.1. The molecule has 154 valence electrons. The van der Waals surface area contributed by atoms with Crippen molar-refractivity contribution in [2.45, 2.75) is 82.4 Å². The van der Waals surface area contributed by atoms with Gasteiger partial charge in [0, 0.05) is 0 Å². The molecule has 0 aliphatic rings. The van der Waals surface area contributed by atoms with Gasteiger partial charge >= 0.3 is 191 Å². The molecule has 0 amide bonds. The van der Waals surface area contributed by atoms with Crippen molar-refractivity contribution >= 4 is 59.7 Å². The predicted octanol–water partition coefficient (Wildman–Crippen LogP) is 7.84. The van der Waals surface area contributed by atoms with Crippen molar-refractivity contribution in [1.29, 1.82) is 0 Å². The molecular weight excluding hydrogens is 538 g/mol. The molecule has 1 nitrogen and oxygen atoms in total. The summed E-state index contributed by atoms with van der Waals surface area (Å²) in [5.74, 6) is 0.792. The van der Waals surface area contributed by atoms with Crippen LogP contribution in [0.4, 0.5) is 4.39 Å². The molecule has 0 aliphatic carbocycles. The van der Waals surface area contributed by atoms with Crippen LogP contribution in [0.5, 0.6) is 5.75 Å². The van der Waals surface area contributed by atoms with Crippen molar-refractivity contribution in [2.24, 2.45) is 0 Å². The summed E-state index contributed by atoms with van der Waals surface area (Å²) in [5.41, 5.74) is 1.57. The molecule has 28 heavy (non-hydrogen) atoms. The standard InChI is InChI=1S/C19H25BrFOSi.C4H9.Sn/c1-12(2)23(13(3)4,14(5)6)22-16-8-9-17-15(11-16)7-10-18(21)19(17)20;1-4(2)3;/h7-8,10-14H,1-6H3;1-3H3;. The quantitative estimate of drug-likeness (QED) is 0.321. The third-order valence-electron chi connectivity index (χ3n) is 5.49. The molecule has 0 atom stereocenters. The molecule has 0 saturated heterocycles. The Balaban J connectivity index is 2.70. The Hall–Kier alpha value is -0.0744. The molecule has 2 aromatic rings. The third-order valence-corrected chi connectivity index (χ3v) is 16.3. The van der Waals surface area contributed by atoms with Crippen LogP contribution in [0, 0.1) is 5.82 Å². The third kappa shape index (κ3) is 4.97. The van der Waals surface area contributed by atoms with Crippen LogP contribution in [0.25, 0.3) is 10.8 Å². The first-order valence-electron chi connectivity index (χ1n) is 10.2. The fraction of sp³-hybridized carbons (Fsp3) is 0.565. The van der Waals surface area contributed by atoms with Gasteiger partial charge in [-0.1, -0.05) is 0 Å². The molecule has 0 aromatic heterocycles. The van der Waals surface area contributed by atoms with E-state index in [0.29, 0.717) is 21.1 Å². The van der Waals surface area contributed by atoms with Gasteiger partial charge < -0.3 is 0 Å². The molecule has 0 spiro atoms. The first kappa shape index (κ1) is 24.2. The molecule has 0 saturated carbocycles. The molecule has 0 bridgehead atoms. The van der Waals surface area contributed by atoms with Gasteiger partial charge in [-0.2, -0.15) is 0 Å². The van der Waals surface area contributed by atoms with Crippen LogP contribution < -0.4 is 8.01 Å². The van der Waals surface area contributed by atoms with Gasteiger partial charge in [0.15, 0.2) is 0 Å². The molecule has 2 radical (unpaired) electrons. The van der Waals surface area contributed by atoms with E-state index in [0.717, 1.165) is 16.5 Å². The van der Waals surface area contributed by atoms with Gasteiger partial charge in [0.1, 0.15) is 0 Å². The Morgan fingerprint density at radius 2 is 1.50 bits per heavy atom. The topological polar surface area (TPSA) is 9.23 Å². The second-order valence-corrected chi connectivity index (χ2v) is 22.4. The van der Waals surface area contributed by atoms with E-state index in [1.807, 2.05) is 6.07 Å². The Bertz CT molecular complexity index is 821. The zero-order valence-electron chi connectivity index (χ0n) is 18.7. The summed E-state index contributed by atoms with van der Waals surface area (Å²) < 4.78 is 23.5. The van der Waals surface area contributed by atoms with E-state index >= 15 is 0 Å². The van der Waals surface area contributed by atoms with Crippen LogP contribution in [0.15, 0.2) is 28.7 Å². The van der Waals surface area contributed by atoms with Crippen LogP contribution in [0.2, 0.25) is 20.1 Å². The van der Waals surface area contributed by atoms with E-state index in [2.05, 4.69) is 90.4 Å². The van der Waals surface area contributed by atoms with Crippen LogP contribution >= 0.6 is 15.9 Å². The number of benzene rings is 2. The fourth-order valence-corrected chi connectivity index (χ4v) is 14.9. The summed E-state index contributed by atoms with van der Waals surface area (Å²) in [6.07, 6.45) is 0. The normalized spacial score (nSPS) is 13.2. The summed E-state index contributed by atoms with van der Waals surface area (Å²) in [5, 5.41) is 2.12. The Morgan fingerprint density at radius 3 is 1.96 bits per heavy atom. The molecule has 5 heteroatoms. The van der Waals surface area contributed by atoms with Gasteiger partial charge in [0.25, 0.3) is 0 Å². The number of hydrogen-bond acceptors (Lipinski definition) is 1. The van der Waals surface area contributed by atoms with E-state index in [9.17, 15) is 4.39 Å². The van der Waals surface area contributed by atoms with Gasteiger partial charge in [-0.3, -0.25) is 0 Å². The number of fused-ring (bicyclic) bond motifs is 1. The predicted molar refractivity (Wildman–Crippen MR) is 128 cm³/mol. The van der Waals surface area contributed by atoms with Crippen molar-refractivity contribution < 1.29 is 8.82 Å². The van der Waals surface area contributed by atoms with Gasteiger partial charge in [-0.25, -0.2) is 0 Å². The average molecular weight is 572 g/mol. The maximum absolute atomic E-state index is 14.3. The second kappa shape index (κ2) is 8.97. The maximum atomic E-state index is 14.3. The molecule has 2 rings (SSSR count). The van der Waals surface area contributed by atoms with E-state index in [4.69, 9.17) is 4.43 Å². The van der Waals surface area contributed by atoms with Crippen LogP contribution in [0.1, 0.15) is 62.3 Å². The minimum atomic E-state index is -2.03. The van der Waals surface area contributed by atoms with Crippen molar-refractivity contribution in [3.8, 4) is 5.75 Å². The molecule has 0 N–H and O–H groups in total. The van der Waals surface area contributed by atoms with Crippen LogP contribution in [-0.2, 0) is 0 Å². The van der Waals surface area contributed by atoms with Gasteiger partial charge in [-0.05, 0) is 0 Å². The van der Waals surface area contributed by atoms with E-state index in [-0.39, 0.29) is 9.25 Å². The molecule has 0 fully saturated rings. The van der Waals surface area contributed by atoms with Crippen LogP contribution in [0.3, 0.4) is 0 Å². The zero-order chi connectivity index (χ0) is 21.4. The van der Waals surface area contributed by atoms with Crippen molar-refractivity contribution in [2.75, 3.05) is 0 Å². The van der Waals surface area contributed by atoms with Gasteiger partial charge in [0.05, 0.1) is 0 Å². The fourth-order valence-electron chi connectivity index (χ4n) is 4.49. The summed E-state index contributed by atoms with van der Waals surface area (Å²) in [4.78, 5) is 0. The monoisotopic (exact) mass is 572 g/mol. The second-order valence-electron chi connectivity index (χ2n) is 9.73. The van der Waals surface area contributed by atoms with Crippen molar-refractivity contribution in [3.63, 3.8) is 0 Å². The minimum absolute atomic E-state index is 0.189. The summed E-state index contributed by atoms with van der Waals surface area (Å²) >= 11 is 2.56. The molecule has 0 aliphatic heterocycles. The average Bonchev–Trinajstić information content (AvgIpc) is 2.53. The van der Waals surface area contributed by atoms with Gasteiger partial charge in [0.2, 0.25) is 0 Å². The van der Waals surface area contributed by atoms with E-state index < -0.39 is 29.5 Å². The number of hydrogen-bond donors (Lipinski definition) is 0. The first-order chi connectivity index (χ1) is 12.8. The molecular formula is C23H34BrFOSiSn. The van der Waals surface area contributed by atoms with E-state index in [1.165, 1.54) is 3.58 Å². The Morgan fingerprint density at radius 1 is 0.964 bits per heavy atom.